The Morgan fingerprint density at radius 2 is 1.69 bits per heavy atom. The van der Waals surface area contributed by atoms with Gasteiger partial charge in [-0.25, -0.2) is 15.0 Å². The van der Waals surface area contributed by atoms with Gasteiger partial charge in [-0.1, -0.05) is 18.0 Å². The van der Waals surface area contributed by atoms with Gasteiger partial charge in [0.2, 0.25) is 11.9 Å². The van der Waals surface area contributed by atoms with E-state index in [-0.39, 0.29) is 11.9 Å². The third-order valence-corrected chi connectivity index (χ3v) is 8.07. The average Bonchev–Trinajstić information content (AvgIpc) is 2.95. The van der Waals surface area contributed by atoms with Crippen LogP contribution in [0.15, 0.2) is 34.2 Å². The van der Waals surface area contributed by atoms with E-state index in [9.17, 15) is 14.4 Å². The summed E-state index contributed by atoms with van der Waals surface area (Å²) < 4.78 is 2.83. The minimum Gasteiger partial charge on any atom is -0.341 e. The molecule has 1 amide bonds. The first-order chi connectivity index (χ1) is 18.8. The molecule has 0 radical (unpaired) electrons. The monoisotopic (exact) mass is 554 g/mol. The van der Waals surface area contributed by atoms with E-state index in [1.54, 1.807) is 32.4 Å². The van der Waals surface area contributed by atoms with E-state index in [1.165, 1.54) is 34.6 Å². The van der Waals surface area contributed by atoms with Crippen molar-refractivity contribution in [2.75, 3.05) is 44.2 Å². The van der Waals surface area contributed by atoms with Gasteiger partial charge >= 0.3 is 11.1 Å². The first kappa shape index (κ1) is 27.3. The molecule has 0 bridgehead atoms. The van der Waals surface area contributed by atoms with Crippen LogP contribution in [0.2, 0.25) is 5.02 Å². The molecule has 0 aromatic carbocycles. The Labute approximate surface area is 232 Å². The molecule has 0 N–H and O–H groups in total. The van der Waals surface area contributed by atoms with Gasteiger partial charge in [0.15, 0.2) is 5.65 Å². The van der Waals surface area contributed by atoms with Crippen LogP contribution >= 0.6 is 11.6 Å². The second-order valence-electron chi connectivity index (χ2n) is 10.5. The van der Waals surface area contributed by atoms with Crippen LogP contribution in [0.3, 0.4) is 0 Å². The Bertz CT molecular complexity index is 1440. The number of carbonyl (C=O) groups excluding carboxylic acids is 1. The highest BCUT2D eigenvalue weighted by Gasteiger charge is 2.26. The lowest BCUT2D eigenvalue weighted by molar-refractivity contribution is -0.129. The molecule has 11 nitrogen and oxygen atoms in total. The van der Waals surface area contributed by atoms with E-state index in [2.05, 4.69) is 24.8 Å². The Hall–Kier alpha value is -3.31. The fraction of sp³-hybridized carbons (Fsp3) is 0.556. The van der Waals surface area contributed by atoms with Crippen molar-refractivity contribution >= 4 is 34.6 Å². The van der Waals surface area contributed by atoms with Gasteiger partial charge in [-0.05, 0) is 44.8 Å². The summed E-state index contributed by atoms with van der Waals surface area (Å²) in [4.78, 5) is 57.7. The fourth-order valence-corrected chi connectivity index (χ4v) is 5.73. The van der Waals surface area contributed by atoms with Crippen LogP contribution in [0.25, 0.3) is 11.2 Å². The summed E-state index contributed by atoms with van der Waals surface area (Å²) in [6.45, 7) is 7.17. The predicted octanol–water partition coefficient (Wildman–Crippen LogP) is 2.21. The number of rotatable bonds is 7. The molecule has 2 saturated heterocycles. The van der Waals surface area contributed by atoms with Crippen LogP contribution in [-0.2, 0) is 18.4 Å². The number of hydrogen-bond donors (Lipinski definition) is 0. The average molecular weight is 555 g/mol. The number of carbonyl (C=O) groups is 1. The summed E-state index contributed by atoms with van der Waals surface area (Å²) >= 11 is 6.10. The van der Waals surface area contributed by atoms with Gasteiger partial charge in [0.1, 0.15) is 0 Å². The van der Waals surface area contributed by atoms with Gasteiger partial charge in [0.05, 0.1) is 10.5 Å². The molecule has 0 aliphatic carbocycles. The van der Waals surface area contributed by atoms with Crippen LogP contribution in [0.1, 0.15) is 50.6 Å². The highest BCUT2D eigenvalue weighted by atomic mass is 35.5. The van der Waals surface area contributed by atoms with E-state index in [1.807, 2.05) is 4.90 Å². The third kappa shape index (κ3) is 5.99. The summed E-state index contributed by atoms with van der Waals surface area (Å²) in [5, 5.41) is 0.409. The van der Waals surface area contributed by atoms with Crippen molar-refractivity contribution in [3.63, 3.8) is 0 Å². The highest BCUT2D eigenvalue weighted by molar-refractivity contribution is 6.31. The molecule has 2 fully saturated rings. The number of piperidine rings is 2. The largest absolute Gasteiger partial charge is 0.341 e. The maximum Gasteiger partial charge on any atom is 0.318 e. The lowest BCUT2D eigenvalue weighted by Gasteiger charge is -2.33. The SMILES string of the molecule is CC(=O)N(CCN1CCCCC1)Cc1cnc(N2CCC(n3c(=O)c(=O)n(C)c4cc(Cl)cnc43)CC2)nc1. The number of fused-ring (bicyclic) bond motifs is 1. The molecule has 3 aromatic heterocycles. The molecule has 0 atom stereocenters. The van der Waals surface area contributed by atoms with Gasteiger partial charge < -0.3 is 19.3 Å². The van der Waals surface area contributed by atoms with Crippen molar-refractivity contribution in [2.45, 2.75) is 51.6 Å². The first-order valence-electron chi connectivity index (χ1n) is 13.6. The minimum atomic E-state index is -0.594. The van der Waals surface area contributed by atoms with Crippen molar-refractivity contribution in [1.82, 2.24) is 33.9 Å². The maximum atomic E-state index is 12.9. The molecule has 12 heteroatoms. The first-order valence-corrected chi connectivity index (χ1v) is 14.0. The van der Waals surface area contributed by atoms with Gasteiger partial charge in [0.25, 0.3) is 0 Å². The van der Waals surface area contributed by atoms with E-state index in [4.69, 9.17) is 11.6 Å². The Morgan fingerprint density at radius 3 is 2.36 bits per heavy atom. The van der Waals surface area contributed by atoms with Crippen LogP contribution in [0.5, 0.6) is 0 Å². The zero-order valence-electron chi connectivity index (χ0n) is 22.6. The van der Waals surface area contributed by atoms with Crippen molar-refractivity contribution in [3.05, 3.63) is 56.0 Å². The van der Waals surface area contributed by atoms with E-state index in [0.717, 1.165) is 25.2 Å². The summed E-state index contributed by atoms with van der Waals surface area (Å²) in [7, 11) is 1.56. The molecule has 0 saturated carbocycles. The van der Waals surface area contributed by atoms with E-state index in [0.29, 0.717) is 61.2 Å². The lowest BCUT2D eigenvalue weighted by atomic mass is 10.0. The fourth-order valence-electron chi connectivity index (χ4n) is 5.57. The number of likely N-dealkylation sites (tertiary alicyclic amines) is 1. The Balaban J connectivity index is 1.23. The van der Waals surface area contributed by atoms with Gasteiger partial charge in [0, 0.05) is 76.9 Å². The minimum absolute atomic E-state index is 0.0495. The second kappa shape index (κ2) is 11.8. The van der Waals surface area contributed by atoms with Gasteiger partial charge in [-0.15, -0.1) is 0 Å². The number of anilines is 1. The second-order valence-corrected chi connectivity index (χ2v) is 10.9. The standard InChI is InChI=1S/C27H35ClN8O3/c1-19(37)35(13-12-33-8-4-3-5-9-33)18-20-15-30-27(31-16-20)34-10-6-22(7-11-34)36-24-23(14-21(28)17-29-24)32(2)25(38)26(36)39/h14-17,22H,3-13,18H2,1-2H3. The molecule has 0 spiro atoms. The molecule has 208 valence electrons. The molecular weight excluding hydrogens is 520 g/mol. The summed E-state index contributed by atoms with van der Waals surface area (Å²) in [6.07, 6.45) is 10.1. The number of halogens is 1. The molecule has 3 aromatic rings. The van der Waals surface area contributed by atoms with E-state index < -0.39 is 11.1 Å². The quantitative estimate of drug-likeness (QED) is 0.409. The molecule has 39 heavy (non-hydrogen) atoms. The Kier molecular flexibility index (Phi) is 8.27. The number of aryl methyl sites for hydroxylation is 1. The lowest BCUT2D eigenvalue weighted by Crippen LogP contribution is -2.45. The van der Waals surface area contributed by atoms with Crippen molar-refractivity contribution in [3.8, 4) is 0 Å². The molecule has 5 rings (SSSR count). The van der Waals surface area contributed by atoms with Crippen LogP contribution in [-0.4, -0.2) is 79.1 Å². The normalized spacial score (nSPS) is 17.1. The number of aromatic nitrogens is 5. The molecule has 2 aliphatic rings. The number of pyridine rings is 1. The van der Waals surface area contributed by atoms with Crippen molar-refractivity contribution in [2.24, 2.45) is 7.05 Å². The van der Waals surface area contributed by atoms with Crippen molar-refractivity contribution in [1.29, 1.82) is 0 Å². The topological polar surface area (TPSA) is 109 Å². The summed E-state index contributed by atoms with van der Waals surface area (Å²) in [5.41, 5.74) is 0.716. The highest BCUT2D eigenvalue weighted by Crippen LogP contribution is 2.26. The van der Waals surface area contributed by atoms with Crippen LogP contribution < -0.4 is 16.0 Å². The Morgan fingerprint density at radius 1 is 1.00 bits per heavy atom. The van der Waals surface area contributed by atoms with Crippen LogP contribution in [0, 0.1) is 0 Å². The van der Waals surface area contributed by atoms with Crippen LogP contribution in [0.4, 0.5) is 5.95 Å². The zero-order valence-corrected chi connectivity index (χ0v) is 23.3. The van der Waals surface area contributed by atoms with E-state index >= 15 is 0 Å². The van der Waals surface area contributed by atoms with Gasteiger partial charge in [-0.2, -0.15) is 0 Å². The molecule has 5 heterocycles. The molecular formula is C27H35ClN8O3. The smallest absolute Gasteiger partial charge is 0.318 e. The number of hydrogen-bond acceptors (Lipinski definition) is 8. The maximum absolute atomic E-state index is 12.9. The molecule has 0 unspecified atom stereocenters. The van der Waals surface area contributed by atoms with Gasteiger partial charge in [-0.3, -0.25) is 19.0 Å². The zero-order chi connectivity index (χ0) is 27.5. The molecule has 2 aliphatic heterocycles. The summed E-state index contributed by atoms with van der Waals surface area (Å²) in [6, 6.07) is 1.49. The van der Waals surface area contributed by atoms with Crippen molar-refractivity contribution < 1.29 is 4.79 Å². The number of amides is 1. The number of nitrogens with zero attached hydrogens (tertiary/aromatic N) is 8. The predicted molar refractivity (Wildman–Crippen MR) is 150 cm³/mol. The third-order valence-electron chi connectivity index (χ3n) is 7.87. The summed E-state index contributed by atoms with van der Waals surface area (Å²) in [5.74, 6) is 0.666.